The summed E-state index contributed by atoms with van der Waals surface area (Å²) in [4.78, 5) is 13.0. The predicted molar refractivity (Wildman–Crippen MR) is 90.6 cm³/mol. The smallest absolute Gasteiger partial charge is 0.210 e. The van der Waals surface area contributed by atoms with Crippen LogP contribution in [-0.4, -0.2) is 15.3 Å². The van der Waals surface area contributed by atoms with Gasteiger partial charge in [0.1, 0.15) is 5.75 Å². The lowest BCUT2D eigenvalue weighted by Gasteiger charge is -2.06. The highest BCUT2D eigenvalue weighted by Gasteiger charge is 2.22. The van der Waals surface area contributed by atoms with Crippen molar-refractivity contribution in [1.82, 2.24) is 4.40 Å². The van der Waals surface area contributed by atoms with Gasteiger partial charge >= 0.3 is 0 Å². The van der Waals surface area contributed by atoms with E-state index in [0.717, 1.165) is 28.4 Å². The van der Waals surface area contributed by atoms with Crippen LogP contribution in [0.3, 0.4) is 0 Å². The summed E-state index contributed by atoms with van der Waals surface area (Å²) in [5.74, 6) is 0.127. The van der Waals surface area contributed by atoms with E-state index in [1.54, 1.807) is 12.1 Å². The van der Waals surface area contributed by atoms with Crippen LogP contribution in [-0.2, 0) is 6.42 Å². The molecule has 22 heavy (non-hydrogen) atoms. The molecule has 0 aliphatic carbocycles. The third-order valence-electron chi connectivity index (χ3n) is 3.72. The second-order valence-electron chi connectivity index (χ2n) is 5.22. The molecule has 0 spiro atoms. The Morgan fingerprint density at radius 2 is 1.91 bits per heavy atom. The van der Waals surface area contributed by atoms with Gasteiger partial charge in [-0.1, -0.05) is 19.4 Å². The highest BCUT2D eigenvalue weighted by atomic mass is 79.9. The molecule has 2 aromatic heterocycles. The van der Waals surface area contributed by atoms with E-state index in [0.29, 0.717) is 11.3 Å². The number of rotatable bonds is 4. The van der Waals surface area contributed by atoms with E-state index >= 15 is 0 Å². The number of fused-ring (bicyclic) bond motifs is 1. The van der Waals surface area contributed by atoms with Crippen LogP contribution < -0.4 is 0 Å². The summed E-state index contributed by atoms with van der Waals surface area (Å²) in [6, 6.07) is 12.3. The minimum atomic E-state index is -0.0321. The lowest BCUT2D eigenvalue weighted by atomic mass is 10.0. The number of benzene rings is 1. The van der Waals surface area contributed by atoms with Crippen LogP contribution in [0, 0.1) is 0 Å². The molecular weight excluding hydrogens is 342 g/mol. The number of carbonyl (C=O) groups is 1. The Morgan fingerprint density at radius 1 is 1.18 bits per heavy atom. The van der Waals surface area contributed by atoms with Gasteiger partial charge in [0, 0.05) is 16.2 Å². The molecule has 3 aromatic rings. The number of carbonyl (C=O) groups excluding carboxylic acids is 1. The fourth-order valence-corrected chi connectivity index (χ4v) is 3.40. The lowest BCUT2D eigenvalue weighted by molar-refractivity contribution is 0.103. The number of halogens is 1. The molecule has 112 valence electrons. The van der Waals surface area contributed by atoms with Gasteiger partial charge in [-0.3, -0.25) is 4.79 Å². The normalized spacial score (nSPS) is 11.0. The average molecular weight is 358 g/mol. The molecule has 2 heterocycles. The Balaban J connectivity index is 2.22. The molecule has 0 fully saturated rings. The number of aromatic nitrogens is 1. The van der Waals surface area contributed by atoms with Crippen molar-refractivity contribution < 1.29 is 9.90 Å². The third-order valence-corrected chi connectivity index (χ3v) is 4.61. The van der Waals surface area contributed by atoms with Crippen LogP contribution >= 0.6 is 15.9 Å². The molecule has 3 rings (SSSR count). The van der Waals surface area contributed by atoms with E-state index in [2.05, 4.69) is 22.9 Å². The molecule has 0 aliphatic rings. The summed E-state index contributed by atoms with van der Waals surface area (Å²) < 4.78 is 2.92. The van der Waals surface area contributed by atoms with Crippen LogP contribution in [0.25, 0.3) is 5.52 Å². The Morgan fingerprint density at radius 3 is 2.59 bits per heavy atom. The maximum Gasteiger partial charge on any atom is 0.210 e. The number of ketones is 1. The molecule has 1 N–H and O–H groups in total. The third kappa shape index (κ3) is 2.44. The van der Waals surface area contributed by atoms with Crippen LogP contribution in [0.2, 0.25) is 0 Å². The Labute approximate surface area is 137 Å². The fraction of sp³-hybridized carbons (Fsp3) is 0.167. The molecule has 4 heteroatoms. The molecule has 0 saturated carbocycles. The van der Waals surface area contributed by atoms with E-state index < -0.39 is 0 Å². The molecule has 0 radical (unpaired) electrons. The summed E-state index contributed by atoms with van der Waals surface area (Å²) >= 11 is 3.64. The predicted octanol–water partition coefficient (Wildman–Crippen LogP) is 4.59. The van der Waals surface area contributed by atoms with Gasteiger partial charge in [0.2, 0.25) is 5.78 Å². The first-order chi connectivity index (χ1) is 10.6. The zero-order chi connectivity index (χ0) is 15.7. The number of hydrogen-bond acceptors (Lipinski definition) is 2. The van der Waals surface area contributed by atoms with Gasteiger partial charge in [-0.25, -0.2) is 0 Å². The largest absolute Gasteiger partial charge is 0.508 e. The number of aromatic hydroxyl groups is 1. The van der Waals surface area contributed by atoms with Crippen molar-refractivity contribution in [3.8, 4) is 5.75 Å². The van der Waals surface area contributed by atoms with Gasteiger partial charge in [0.15, 0.2) is 0 Å². The summed E-state index contributed by atoms with van der Waals surface area (Å²) in [6.45, 7) is 2.10. The summed E-state index contributed by atoms with van der Waals surface area (Å²) in [6.07, 6.45) is 3.71. The van der Waals surface area contributed by atoms with Gasteiger partial charge < -0.3 is 9.51 Å². The number of nitrogens with zero attached hydrogens (tertiary/aromatic N) is 1. The van der Waals surface area contributed by atoms with Crippen molar-refractivity contribution in [2.24, 2.45) is 0 Å². The molecule has 0 bridgehead atoms. The molecule has 1 aromatic carbocycles. The van der Waals surface area contributed by atoms with Crippen LogP contribution in [0.15, 0.2) is 53.1 Å². The zero-order valence-electron chi connectivity index (χ0n) is 12.2. The van der Waals surface area contributed by atoms with E-state index in [1.165, 1.54) is 12.1 Å². The van der Waals surface area contributed by atoms with Crippen LogP contribution in [0.5, 0.6) is 5.75 Å². The highest BCUT2D eigenvalue weighted by molar-refractivity contribution is 9.10. The van der Waals surface area contributed by atoms with Crippen LogP contribution in [0.1, 0.15) is 35.0 Å². The first-order valence-corrected chi connectivity index (χ1v) is 8.04. The van der Waals surface area contributed by atoms with Crippen molar-refractivity contribution in [2.45, 2.75) is 19.8 Å². The maximum atomic E-state index is 13.0. The zero-order valence-corrected chi connectivity index (χ0v) is 13.8. The second kappa shape index (κ2) is 5.97. The molecule has 0 unspecified atom stereocenters. The number of hydrogen-bond donors (Lipinski definition) is 1. The topological polar surface area (TPSA) is 41.7 Å². The molecule has 3 nitrogen and oxygen atoms in total. The lowest BCUT2D eigenvalue weighted by Crippen LogP contribution is -2.08. The van der Waals surface area contributed by atoms with E-state index in [-0.39, 0.29) is 11.5 Å². The summed E-state index contributed by atoms with van der Waals surface area (Å²) in [5, 5.41) is 9.40. The quantitative estimate of drug-likeness (QED) is 0.693. The monoisotopic (exact) mass is 357 g/mol. The fourth-order valence-electron chi connectivity index (χ4n) is 2.70. The maximum absolute atomic E-state index is 13.0. The first kappa shape index (κ1) is 14.9. The molecule has 0 saturated heterocycles. The highest BCUT2D eigenvalue weighted by Crippen LogP contribution is 2.31. The van der Waals surface area contributed by atoms with Gasteiger partial charge in [-0.15, -0.1) is 0 Å². The number of pyridine rings is 1. The van der Waals surface area contributed by atoms with E-state index in [9.17, 15) is 9.90 Å². The molecule has 0 aliphatic heterocycles. The van der Waals surface area contributed by atoms with Gasteiger partial charge in [-0.2, -0.15) is 0 Å². The van der Waals surface area contributed by atoms with Gasteiger partial charge in [-0.05, 0) is 64.3 Å². The van der Waals surface area contributed by atoms with Crippen molar-refractivity contribution in [2.75, 3.05) is 0 Å². The average Bonchev–Trinajstić information content (AvgIpc) is 2.81. The molecule has 0 amide bonds. The van der Waals surface area contributed by atoms with E-state index in [1.807, 2.05) is 28.8 Å². The Bertz CT molecular complexity index is 834. The molecule has 0 atom stereocenters. The Kier molecular flexibility index (Phi) is 4.03. The standard InChI is InChI=1S/C18H16BrNO2/c1-2-5-14-16(19)15-6-3-4-11-20(15)17(14)18(22)12-7-9-13(21)10-8-12/h3-4,6-11,21H,2,5H2,1H3. The van der Waals surface area contributed by atoms with Gasteiger partial charge in [0.25, 0.3) is 0 Å². The SMILES string of the molecule is CCCc1c(Br)c2ccccn2c1C(=O)c1ccc(O)cc1. The minimum absolute atomic E-state index is 0.0321. The summed E-state index contributed by atoms with van der Waals surface area (Å²) in [7, 11) is 0. The van der Waals surface area contributed by atoms with Crippen molar-refractivity contribution in [1.29, 1.82) is 0 Å². The number of phenolic OH excluding ortho intramolecular Hbond substituents is 1. The van der Waals surface area contributed by atoms with Crippen LogP contribution in [0.4, 0.5) is 0 Å². The molecular formula is C18H16BrNO2. The van der Waals surface area contributed by atoms with Crippen molar-refractivity contribution in [3.05, 3.63) is 70.0 Å². The number of phenols is 1. The van der Waals surface area contributed by atoms with Crippen molar-refractivity contribution in [3.63, 3.8) is 0 Å². The van der Waals surface area contributed by atoms with Crippen molar-refractivity contribution >= 4 is 27.2 Å². The first-order valence-electron chi connectivity index (χ1n) is 7.24. The van der Waals surface area contributed by atoms with Gasteiger partial charge in [0.05, 0.1) is 11.2 Å². The second-order valence-corrected chi connectivity index (χ2v) is 6.02. The Hall–Kier alpha value is -2.07. The van der Waals surface area contributed by atoms with E-state index in [4.69, 9.17) is 0 Å². The summed E-state index contributed by atoms with van der Waals surface area (Å²) in [5.41, 5.74) is 3.29. The minimum Gasteiger partial charge on any atom is -0.508 e.